The molecule has 0 aliphatic heterocycles. The molecule has 1 aliphatic carbocycles. The summed E-state index contributed by atoms with van der Waals surface area (Å²) < 4.78 is 6.45. The molecule has 1 aliphatic rings. The molecule has 0 bridgehead atoms. The van der Waals surface area contributed by atoms with Gasteiger partial charge in [0.05, 0.1) is 19.8 Å². The van der Waals surface area contributed by atoms with E-state index >= 15 is 0 Å². The fourth-order valence-corrected chi connectivity index (χ4v) is 2.74. The zero-order valence-electron chi connectivity index (χ0n) is 11.4. The molecule has 0 radical (unpaired) electrons. The lowest BCUT2D eigenvalue weighted by Crippen LogP contribution is -2.32. The van der Waals surface area contributed by atoms with E-state index < -0.39 is 0 Å². The molecule has 1 aromatic carbocycles. The van der Waals surface area contributed by atoms with Crippen molar-refractivity contribution in [2.24, 2.45) is 0 Å². The topological polar surface area (TPSA) is 32.7 Å². The molecule has 0 heterocycles. The van der Waals surface area contributed by atoms with E-state index in [2.05, 4.69) is 52.1 Å². The van der Waals surface area contributed by atoms with E-state index in [1.54, 1.807) is 0 Å². The highest BCUT2D eigenvalue weighted by Crippen LogP contribution is 2.48. The number of likely N-dealkylation sites (N-methyl/N-ethyl adjacent to an activating group) is 1. The van der Waals surface area contributed by atoms with Crippen molar-refractivity contribution in [1.29, 1.82) is 0 Å². The van der Waals surface area contributed by atoms with Gasteiger partial charge in [-0.2, -0.15) is 0 Å². The van der Waals surface area contributed by atoms with Gasteiger partial charge in [-0.1, -0.05) is 28.1 Å². The minimum Gasteiger partial charge on any atom is -0.394 e. The van der Waals surface area contributed by atoms with Gasteiger partial charge in [0.15, 0.2) is 0 Å². The predicted molar refractivity (Wildman–Crippen MR) is 80.5 cm³/mol. The van der Waals surface area contributed by atoms with Crippen molar-refractivity contribution in [3.8, 4) is 0 Å². The third kappa shape index (κ3) is 4.28. The number of rotatable bonds is 8. The summed E-state index contributed by atoms with van der Waals surface area (Å²) >= 11 is 3.48. The molecule has 19 heavy (non-hydrogen) atoms. The molecule has 0 saturated heterocycles. The zero-order valence-corrected chi connectivity index (χ0v) is 13.0. The second kappa shape index (κ2) is 6.84. The number of hydrogen-bond acceptors (Lipinski definition) is 3. The van der Waals surface area contributed by atoms with Crippen molar-refractivity contribution in [3.05, 3.63) is 34.3 Å². The van der Waals surface area contributed by atoms with Crippen molar-refractivity contribution in [2.75, 3.05) is 40.0 Å². The molecule has 1 saturated carbocycles. The van der Waals surface area contributed by atoms with Crippen LogP contribution in [0.1, 0.15) is 18.4 Å². The Morgan fingerprint density at radius 1 is 1.26 bits per heavy atom. The fraction of sp³-hybridized carbons (Fsp3) is 0.600. The van der Waals surface area contributed by atoms with Gasteiger partial charge in [-0.3, -0.25) is 0 Å². The molecular formula is C15H22BrNO2. The second-order valence-electron chi connectivity index (χ2n) is 5.36. The van der Waals surface area contributed by atoms with Crippen molar-refractivity contribution in [2.45, 2.75) is 18.3 Å². The summed E-state index contributed by atoms with van der Waals surface area (Å²) in [6.07, 6.45) is 2.55. The van der Waals surface area contributed by atoms with E-state index in [4.69, 9.17) is 9.84 Å². The first kappa shape index (κ1) is 15.0. The highest BCUT2D eigenvalue weighted by Gasteiger charge is 2.44. The van der Waals surface area contributed by atoms with E-state index in [-0.39, 0.29) is 6.61 Å². The van der Waals surface area contributed by atoms with Crippen LogP contribution in [0, 0.1) is 0 Å². The molecule has 0 spiro atoms. The largest absolute Gasteiger partial charge is 0.394 e. The molecule has 2 rings (SSSR count). The van der Waals surface area contributed by atoms with Crippen LogP contribution in [0.3, 0.4) is 0 Å². The van der Waals surface area contributed by atoms with Crippen LogP contribution in [0.5, 0.6) is 0 Å². The minimum atomic E-state index is 0.104. The average molecular weight is 328 g/mol. The van der Waals surface area contributed by atoms with Gasteiger partial charge < -0.3 is 14.7 Å². The Morgan fingerprint density at radius 3 is 2.53 bits per heavy atom. The molecule has 1 fully saturated rings. The molecule has 0 amide bonds. The first-order chi connectivity index (χ1) is 9.16. The molecular weight excluding hydrogens is 306 g/mol. The van der Waals surface area contributed by atoms with Crippen molar-refractivity contribution < 1.29 is 9.84 Å². The summed E-state index contributed by atoms with van der Waals surface area (Å²) in [5, 5.41) is 8.66. The Labute approximate surface area is 123 Å². The number of benzene rings is 1. The monoisotopic (exact) mass is 327 g/mol. The van der Waals surface area contributed by atoms with Gasteiger partial charge in [-0.05, 0) is 37.6 Å². The van der Waals surface area contributed by atoms with Gasteiger partial charge in [0.2, 0.25) is 0 Å². The third-order valence-corrected chi connectivity index (χ3v) is 4.26. The highest BCUT2D eigenvalue weighted by molar-refractivity contribution is 9.10. The van der Waals surface area contributed by atoms with Crippen molar-refractivity contribution >= 4 is 15.9 Å². The molecule has 4 heteroatoms. The van der Waals surface area contributed by atoms with E-state index in [0.717, 1.165) is 17.6 Å². The van der Waals surface area contributed by atoms with Gasteiger partial charge in [0.1, 0.15) is 0 Å². The summed E-state index contributed by atoms with van der Waals surface area (Å²) in [7, 11) is 2.14. The lowest BCUT2D eigenvalue weighted by atomic mass is 9.95. The number of aliphatic hydroxyl groups is 1. The van der Waals surface area contributed by atoms with E-state index in [0.29, 0.717) is 18.6 Å². The summed E-state index contributed by atoms with van der Waals surface area (Å²) in [6.45, 7) is 3.22. The average Bonchev–Trinajstić information content (AvgIpc) is 3.16. The maximum atomic E-state index is 8.66. The standard InChI is InChI=1S/C15H22BrNO2/c1-17(8-10-19-11-9-18)12-15(6-7-15)13-2-4-14(16)5-3-13/h2-5,18H,6-12H2,1H3. The molecule has 106 valence electrons. The van der Waals surface area contributed by atoms with Crippen LogP contribution >= 0.6 is 15.9 Å². The van der Waals surface area contributed by atoms with E-state index in [9.17, 15) is 0 Å². The minimum absolute atomic E-state index is 0.104. The molecule has 1 aromatic rings. The van der Waals surface area contributed by atoms with Gasteiger partial charge in [-0.15, -0.1) is 0 Å². The number of nitrogens with zero attached hydrogens (tertiary/aromatic N) is 1. The van der Waals surface area contributed by atoms with Gasteiger partial charge in [0, 0.05) is 23.0 Å². The number of hydrogen-bond donors (Lipinski definition) is 1. The normalized spacial score (nSPS) is 16.8. The van der Waals surface area contributed by atoms with Crippen molar-refractivity contribution in [3.63, 3.8) is 0 Å². The lowest BCUT2D eigenvalue weighted by Gasteiger charge is -2.24. The SMILES string of the molecule is CN(CCOCCO)CC1(c2ccc(Br)cc2)CC1. The van der Waals surface area contributed by atoms with E-state index in [1.807, 2.05) is 0 Å². The van der Waals surface area contributed by atoms with Crippen LogP contribution < -0.4 is 0 Å². The summed E-state index contributed by atoms with van der Waals surface area (Å²) in [4.78, 5) is 2.33. The lowest BCUT2D eigenvalue weighted by molar-refractivity contribution is 0.0769. The van der Waals surface area contributed by atoms with Crippen LogP contribution in [0.4, 0.5) is 0 Å². The smallest absolute Gasteiger partial charge is 0.0698 e. The number of halogens is 1. The highest BCUT2D eigenvalue weighted by atomic mass is 79.9. The molecule has 1 N–H and O–H groups in total. The Hall–Kier alpha value is -0.420. The summed E-state index contributed by atoms with van der Waals surface area (Å²) in [6, 6.07) is 8.71. The number of aliphatic hydroxyl groups excluding tert-OH is 1. The summed E-state index contributed by atoms with van der Waals surface area (Å²) in [5.74, 6) is 0. The Bertz CT molecular complexity index is 390. The second-order valence-corrected chi connectivity index (χ2v) is 6.28. The van der Waals surface area contributed by atoms with Crippen LogP contribution in [-0.4, -0.2) is 50.0 Å². The molecule has 0 aromatic heterocycles. The molecule has 0 atom stereocenters. The maximum absolute atomic E-state index is 8.66. The van der Waals surface area contributed by atoms with Crippen LogP contribution in [0.15, 0.2) is 28.7 Å². The Morgan fingerprint density at radius 2 is 1.95 bits per heavy atom. The van der Waals surface area contributed by atoms with Gasteiger partial charge in [-0.25, -0.2) is 0 Å². The van der Waals surface area contributed by atoms with Gasteiger partial charge in [0.25, 0.3) is 0 Å². The number of ether oxygens (including phenoxy) is 1. The zero-order chi connectivity index (χ0) is 13.7. The first-order valence-corrected chi connectivity index (χ1v) is 7.59. The van der Waals surface area contributed by atoms with E-state index in [1.165, 1.54) is 18.4 Å². The molecule has 0 unspecified atom stereocenters. The van der Waals surface area contributed by atoms with Crippen molar-refractivity contribution in [1.82, 2.24) is 4.90 Å². The quantitative estimate of drug-likeness (QED) is 0.744. The van der Waals surface area contributed by atoms with Gasteiger partial charge >= 0.3 is 0 Å². The third-order valence-electron chi connectivity index (χ3n) is 3.74. The summed E-state index contributed by atoms with van der Waals surface area (Å²) in [5.41, 5.74) is 1.80. The maximum Gasteiger partial charge on any atom is 0.0698 e. The van der Waals surface area contributed by atoms with Crippen LogP contribution in [0.2, 0.25) is 0 Å². The predicted octanol–water partition coefficient (Wildman–Crippen LogP) is 2.42. The van der Waals surface area contributed by atoms with Crippen LogP contribution in [-0.2, 0) is 10.2 Å². The Kier molecular flexibility index (Phi) is 5.39. The first-order valence-electron chi connectivity index (χ1n) is 6.79. The Balaban J connectivity index is 1.82. The van der Waals surface area contributed by atoms with Crippen LogP contribution in [0.25, 0.3) is 0 Å². The fourth-order valence-electron chi connectivity index (χ4n) is 2.48. The molecule has 3 nitrogen and oxygen atoms in total.